The Labute approximate surface area is 143 Å². The molecule has 0 unspecified atom stereocenters. The average molecular weight is 349 g/mol. The van der Waals surface area contributed by atoms with Gasteiger partial charge >= 0.3 is 0 Å². The molecule has 2 aromatic carbocycles. The van der Waals surface area contributed by atoms with Crippen molar-refractivity contribution in [3.05, 3.63) is 58.4 Å². The van der Waals surface area contributed by atoms with Crippen LogP contribution in [0.15, 0.2) is 41.3 Å². The fourth-order valence-corrected chi connectivity index (χ4v) is 4.09. The Morgan fingerprint density at radius 3 is 2.87 bits per heavy atom. The maximum atomic E-state index is 13.2. The van der Waals surface area contributed by atoms with E-state index in [1.165, 1.54) is 31.0 Å². The van der Waals surface area contributed by atoms with Gasteiger partial charge in [-0.25, -0.2) is 8.70 Å². The van der Waals surface area contributed by atoms with Gasteiger partial charge in [0.25, 0.3) is 5.91 Å². The minimum absolute atomic E-state index is 0.00319. The Balaban J connectivity index is 1.57. The Kier molecular flexibility index (Phi) is 3.79. The number of hydrogen-bond acceptors (Lipinski definition) is 3. The van der Waals surface area contributed by atoms with Crippen LogP contribution >= 0.6 is 23.5 Å². The first-order valence-corrected chi connectivity index (χ1v) is 8.60. The zero-order valence-corrected chi connectivity index (χ0v) is 13.8. The van der Waals surface area contributed by atoms with Gasteiger partial charge in [-0.1, -0.05) is 17.7 Å². The minimum Gasteiger partial charge on any atom is -0.322 e. The summed E-state index contributed by atoms with van der Waals surface area (Å²) < 4.78 is 15.6. The van der Waals surface area contributed by atoms with Gasteiger partial charge < -0.3 is 5.32 Å². The third-order valence-electron chi connectivity index (χ3n) is 4.04. The molecule has 0 saturated heterocycles. The van der Waals surface area contributed by atoms with Crippen molar-refractivity contribution in [3.8, 4) is 0 Å². The summed E-state index contributed by atoms with van der Waals surface area (Å²) in [5.74, 6) is -0.690. The number of carbonyl (C=O) groups is 1. The van der Waals surface area contributed by atoms with Crippen molar-refractivity contribution in [2.45, 2.75) is 30.3 Å². The summed E-state index contributed by atoms with van der Waals surface area (Å²) in [6.07, 6.45) is 2.47. The van der Waals surface area contributed by atoms with Gasteiger partial charge in [0, 0.05) is 28.7 Å². The summed E-state index contributed by atoms with van der Waals surface area (Å²) in [7, 11) is 0. The summed E-state index contributed by atoms with van der Waals surface area (Å²) >= 11 is 7.49. The monoisotopic (exact) mass is 348 g/mol. The molecule has 0 spiro atoms. The lowest BCUT2D eigenvalue weighted by Crippen LogP contribution is -2.17. The van der Waals surface area contributed by atoms with Gasteiger partial charge in [0.1, 0.15) is 5.82 Å². The first-order chi connectivity index (χ1) is 11.1. The number of benzene rings is 2. The smallest absolute Gasteiger partial charge is 0.256 e. The zero-order valence-electron chi connectivity index (χ0n) is 12.2. The van der Waals surface area contributed by atoms with Crippen molar-refractivity contribution in [1.29, 1.82) is 0 Å². The number of halogens is 2. The third-order valence-corrected chi connectivity index (χ3v) is 5.57. The number of hydrogen-bond donors (Lipinski definition) is 1. The fourth-order valence-electron chi connectivity index (χ4n) is 2.68. The quantitative estimate of drug-likeness (QED) is 0.815. The van der Waals surface area contributed by atoms with Crippen LogP contribution in [0, 0.1) is 5.82 Å². The molecule has 1 aliphatic heterocycles. The summed E-state index contributed by atoms with van der Waals surface area (Å²) in [5, 5.41) is 2.79. The van der Waals surface area contributed by atoms with Crippen molar-refractivity contribution in [3.63, 3.8) is 0 Å². The highest BCUT2D eigenvalue weighted by Gasteiger charge is 2.35. The molecule has 0 bridgehead atoms. The molecular weight excluding hydrogens is 335 g/mol. The first kappa shape index (κ1) is 15.0. The van der Waals surface area contributed by atoms with E-state index in [0.29, 0.717) is 17.3 Å². The van der Waals surface area contributed by atoms with Gasteiger partial charge in [-0.3, -0.25) is 4.79 Å². The Morgan fingerprint density at radius 1 is 1.30 bits per heavy atom. The second-order valence-corrected chi connectivity index (χ2v) is 7.26. The molecule has 118 valence electrons. The molecular formula is C17H14ClFN2OS. The average Bonchev–Trinajstić information content (AvgIpc) is 3.29. The number of rotatable bonds is 3. The van der Waals surface area contributed by atoms with Gasteiger partial charge in [-0.15, -0.1) is 0 Å². The molecule has 1 N–H and O–H groups in total. The second kappa shape index (κ2) is 5.82. The van der Waals surface area contributed by atoms with Gasteiger partial charge in [-0.05, 0) is 60.7 Å². The van der Waals surface area contributed by atoms with E-state index in [-0.39, 0.29) is 10.9 Å². The summed E-state index contributed by atoms with van der Waals surface area (Å²) in [4.78, 5) is 13.7. The van der Waals surface area contributed by atoms with Crippen LogP contribution in [-0.2, 0) is 6.54 Å². The van der Waals surface area contributed by atoms with E-state index in [2.05, 4.69) is 9.62 Å². The van der Waals surface area contributed by atoms with E-state index in [1.807, 2.05) is 18.2 Å². The van der Waals surface area contributed by atoms with E-state index in [0.717, 1.165) is 17.0 Å². The van der Waals surface area contributed by atoms with E-state index in [4.69, 9.17) is 11.6 Å². The molecule has 2 aliphatic rings. The highest BCUT2D eigenvalue weighted by Crippen LogP contribution is 2.44. The fraction of sp³-hybridized carbons (Fsp3) is 0.235. The molecule has 0 atom stereocenters. The summed E-state index contributed by atoms with van der Waals surface area (Å²) in [5.41, 5.74) is 2.22. The SMILES string of the molecule is O=C(Nc1ccc(F)c(Cl)c1)c1cccc2c1CN(C1CC1)S2. The van der Waals surface area contributed by atoms with Crippen molar-refractivity contribution < 1.29 is 9.18 Å². The number of nitrogens with one attached hydrogen (secondary N) is 1. The van der Waals surface area contributed by atoms with Gasteiger partial charge in [0.05, 0.1) is 5.02 Å². The molecule has 1 aliphatic carbocycles. The number of carbonyl (C=O) groups excluding carboxylic acids is 1. The molecule has 1 heterocycles. The number of fused-ring (bicyclic) bond motifs is 1. The predicted octanol–water partition coefficient (Wildman–Crippen LogP) is 4.72. The molecule has 0 radical (unpaired) electrons. The van der Waals surface area contributed by atoms with Crippen molar-refractivity contribution in [1.82, 2.24) is 4.31 Å². The zero-order chi connectivity index (χ0) is 16.0. The topological polar surface area (TPSA) is 32.3 Å². The number of anilines is 1. The first-order valence-electron chi connectivity index (χ1n) is 7.45. The van der Waals surface area contributed by atoms with Crippen molar-refractivity contribution >= 4 is 35.1 Å². The Hall–Kier alpha value is -1.56. The minimum atomic E-state index is -0.498. The van der Waals surface area contributed by atoms with Crippen LogP contribution in [0.25, 0.3) is 0 Å². The molecule has 1 saturated carbocycles. The van der Waals surface area contributed by atoms with Gasteiger partial charge in [-0.2, -0.15) is 0 Å². The normalized spacial score (nSPS) is 17.1. The highest BCUT2D eigenvalue weighted by molar-refractivity contribution is 7.97. The molecule has 4 rings (SSSR count). The third kappa shape index (κ3) is 2.96. The standard InChI is InChI=1S/C17H14ClFN2OS/c18-14-8-10(4-7-15(14)19)20-17(22)12-2-1-3-16-13(12)9-21(23-16)11-5-6-11/h1-4,7-8,11H,5-6,9H2,(H,20,22). The van der Waals surface area contributed by atoms with E-state index in [1.54, 1.807) is 11.9 Å². The van der Waals surface area contributed by atoms with Gasteiger partial charge in [0.2, 0.25) is 0 Å². The van der Waals surface area contributed by atoms with Crippen LogP contribution in [0.5, 0.6) is 0 Å². The maximum Gasteiger partial charge on any atom is 0.256 e. The second-order valence-electron chi connectivity index (χ2n) is 5.76. The molecule has 3 nitrogen and oxygen atoms in total. The van der Waals surface area contributed by atoms with Crippen molar-refractivity contribution in [2.75, 3.05) is 5.32 Å². The van der Waals surface area contributed by atoms with E-state index >= 15 is 0 Å². The lowest BCUT2D eigenvalue weighted by atomic mass is 10.1. The predicted molar refractivity (Wildman–Crippen MR) is 90.2 cm³/mol. The molecule has 2 aromatic rings. The largest absolute Gasteiger partial charge is 0.322 e. The van der Waals surface area contributed by atoms with Crippen LogP contribution in [0.4, 0.5) is 10.1 Å². The highest BCUT2D eigenvalue weighted by atomic mass is 35.5. The molecule has 6 heteroatoms. The van der Waals surface area contributed by atoms with Crippen LogP contribution in [-0.4, -0.2) is 16.3 Å². The van der Waals surface area contributed by atoms with E-state index in [9.17, 15) is 9.18 Å². The molecule has 1 fully saturated rings. The maximum absolute atomic E-state index is 13.2. The van der Waals surface area contributed by atoms with Crippen LogP contribution in [0.2, 0.25) is 5.02 Å². The lowest BCUT2D eigenvalue weighted by Gasteiger charge is -2.11. The molecule has 23 heavy (non-hydrogen) atoms. The Morgan fingerprint density at radius 2 is 2.13 bits per heavy atom. The van der Waals surface area contributed by atoms with Crippen LogP contribution in [0.3, 0.4) is 0 Å². The van der Waals surface area contributed by atoms with Crippen LogP contribution in [0.1, 0.15) is 28.8 Å². The van der Waals surface area contributed by atoms with Gasteiger partial charge in [0.15, 0.2) is 0 Å². The summed E-state index contributed by atoms with van der Waals surface area (Å²) in [6, 6.07) is 10.6. The number of nitrogens with zero attached hydrogens (tertiary/aromatic N) is 1. The molecule has 1 amide bonds. The van der Waals surface area contributed by atoms with E-state index < -0.39 is 5.82 Å². The van der Waals surface area contributed by atoms with Crippen LogP contribution < -0.4 is 5.32 Å². The molecule has 0 aromatic heterocycles. The lowest BCUT2D eigenvalue weighted by molar-refractivity contribution is 0.102. The number of amides is 1. The Bertz CT molecular complexity index is 794. The van der Waals surface area contributed by atoms with Crippen molar-refractivity contribution in [2.24, 2.45) is 0 Å². The summed E-state index contributed by atoms with van der Waals surface area (Å²) in [6.45, 7) is 0.790.